The second-order valence-electron chi connectivity index (χ2n) is 5.06. The lowest BCUT2D eigenvalue weighted by Gasteiger charge is -2.08. The third kappa shape index (κ3) is 5.76. The van der Waals surface area contributed by atoms with Gasteiger partial charge in [-0.15, -0.1) is 0 Å². The van der Waals surface area contributed by atoms with Gasteiger partial charge in [-0.1, -0.05) is 39.5 Å². The van der Waals surface area contributed by atoms with E-state index in [0.29, 0.717) is 0 Å². The average molecular weight is 237 g/mol. The van der Waals surface area contributed by atoms with Gasteiger partial charge in [0.25, 0.3) is 0 Å². The van der Waals surface area contributed by atoms with Crippen molar-refractivity contribution in [1.29, 1.82) is 0 Å². The lowest BCUT2D eigenvalue weighted by atomic mass is 10.0. The number of rotatable bonds is 9. The van der Waals surface area contributed by atoms with Gasteiger partial charge < -0.3 is 9.88 Å². The zero-order valence-corrected chi connectivity index (χ0v) is 11.6. The summed E-state index contributed by atoms with van der Waals surface area (Å²) in [4.78, 5) is 4.30. The fourth-order valence-electron chi connectivity index (χ4n) is 1.96. The number of nitrogens with one attached hydrogen (secondary N) is 1. The Balaban J connectivity index is 2.01. The number of hydrogen-bond donors (Lipinski definition) is 1. The van der Waals surface area contributed by atoms with E-state index in [1.807, 2.05) is 12.4 Å². The van der Waals surface area contributed by atoms with Crippen LogP contribution in [-0.2, 0) is 6.54 Å². The summed E-state index contributed by atoms with van der Waals surface area (Å²) in [5.41, 5.74) is 0. The van der Waals surface area contributed by atoms with Gasteiger partial charge >= 0.3 is 0 Å². The van der Waals surface area contributed by atoms with Crippen molar-refractivity contribution >= 4 is 5.95 Å². The molecule has 0 amide bonds. The summed E-state index contributed by atoms with van der Waals surface area (Å²) in [6, 6.07) is 0. The molecular formula is C14H27N3. The lowest BCUT2D eigenvalue weighted by molar-refractivity contribution is 0.522. The van der Waals surface area contributed by atoms with Crippen molar-refractivity contribution in [1.82, 2.24) is 9.55 Å². The van der Waals surface area contributed by atoms with E-state index in [4.69, 9.17) is 0 Å². The molecule has 1 aromatic rings. The van der Waals surface area contributed by atoms with Crippen LogP contribution in [0.4, 0.5) is 5.95 Å². The first-order chi connectivity index (χ1) is 8.24. The standard InChI is InChI=1S/C14H27N3/c1-4-17-12-11-16-14(17)15-10-8-6-5-7-9-13(2)3/h11-13H,4-10H2,1-3H3,(H,15,16). The van der Waals surface area contributed by atoms with E-state index >= 15 is 0 Å². The minimum Gasteiger partial charge on any atom is -0.356 e. The lowest BCUT2D eigenvalue weighted by Crippen LogP contribution is -2.07. The fraction of sp³-hybridized carbons (Fsp3) is 0.786. The van der Waals surface area contributed by atoms with Crippen LogP contribution in [0.1, 0.15) is 52.9 Å². The molecule has 0 fully saturated rings. The number of nitrogens with zero attached hydrogens (tertiary/aromatic N) is 2. The highest BCUT2D eigenvalue weighted by Crippen LogP contribution is 2.10. The smallest absolute Gasteiger partial charge is 0.202 e. The third-order valence-corrected chi connectivity index (χ3v) is 3.05. The Bertz CT molecular complexity index is 291. The number of unbranched alkanes of at least 4 members (excludes halogenated alkanes) is 3. The first-order valence-corrected chi connectivity index (χ1v) is 6.99. The first kappa shape index (κ1) is 14.1. The number of aryl methyl sites for hydroxylation is 1. The Morgan fingerprint density at radius 1 is 1.24 bits per heavy atom. The van der Waals surface area contributed by atoms with Crippen molar-refractivity contribution in [3.63, 3.8) is 0 Å². The summed E-state index contributed by atoms with van der Waals surface area (Å²) in [5, 5.41) is 3.40. The highest BCUT2D eigenvalue weighted by molar-refractivity contribution is 5.25. The van der Waals surface area contributed by atoms with Gasteiger partial charge in [-0.25, -0.2) is 4.98 Å². The molecule has 0 aromatic carbocycles. The highest BCUT2D eigenvalue weighted by atomic mass is 15.2. The SMILES string of the molecule is CCn1ccnc1NCCCCCCC(C)C. The van der Waals surface area contributed by atoms with Crippen molar-refractivity contribution in [3.05, 3.63) is 12.4 Å². The first-order valence-electron chi connectivity index (χ1n) is 6.99. The normalized spacial score (nSPS) is 11.1. The Morgan fingerprint density at radius 2 is 2.00 bits per heavy atom. The van der Waals surface area contributed by atoms with Crippen LogP contribution in [0.25, 0.3) is 0 Å². The molecule has 0 aliphatic carbocycles. The largest absolute Gasteiger partial charge is 0.356 e. The van der Waals surface area contributed by atoms with E-state index in [-0.39, 0.29) is 0 Å². The van der Waals surface area contributed by atoms with Crippen molar-refractivity contribution in [2.24, 2.45) is 5.92 Å². The molecule has 0 saturated carbocycles. The van der Waals surface area contributed by atoms with Gasteiger partial charge in [0, 0.05) is 25.5 Å². The molecular weight excluding hydrogens is 210 g/mol. The van der Waals surface area contributed by atoms with Crippen LogP contribution < -0.4 is 5.32 Å². The monoisotopic (exact) mass is 237 g/mol. The van der Waals surface area contributed by atoms with E-state index in [1.54, 1.807) is 0 Å². The Morgan fingerprint density at radius 3 is 2.71 bits per heavy atom. The molecule has 1 N–H and O–H groups in total. The van der Waals surface area contributed by atoms with Crippen LogP contribution in [0.15, 0.2) is 12.4 Å². The molecule has 1 heterocycles. The zero-order chi connectivity index (χ0) is 12.5. The fourth-order valence-corrected chi connectivity index (χ4v) is 1.96. The van der Waals surface area contributed by atoms with Crippen LogP contribution in [0.5, 0.6) is 0 Å². The molecule has 0 radical (unpaired) electrons. The zero-order valence-electron chi connectivity index (χ0n) is 11.6. The molecule has 17 heavy (non-hydrogen) atoms. The summed E-state index contributed by atoms with van der Waals surface area (Å²) >= 11 is 0. The minimum atomic E-state index is 0.852. The van der Waals surface area contributed by atoms with Crippen LogP contribution in [0.3, 0.4) is 0 Å². The maximum atomic E-state index is 4.30. The molecule has 0 atom stereocenters. The molecule has 3 heteroatoms. The van der Waals surface area contributed by atoms with E-state index < -0.39 is 0 Å². The summed E-state index contributed by atoms with van der Waals surface area (Å²) in [5.74, 6) is 1.86. The van der Waals surface area contributed by atoms with Crippen LogP contribution >= 0.6 is 0 Å². The number of imidazole rings is 1. The van der Waals surface area contributed by atoms with Crippen LogP contribution in [-0.4, -0.2) is 16.1 Å². The molecule has 98 valence electrons. The van der Waals surface area contributed by atoms with Gasteiger partial charge in [0.2, 0.25) is 5.95 Å². The van der Waals surface area contributed by atoms with Gasteiger partial charge in [0.15, 0.2) is 0 Å². The molecule has 0 aliphatic rings. The maximum absolute atomic E-state index is 4.30. The number of hydrogen-bond acceptors (Lipinski definition) is 2. The number of anilines is 1. The average Bonchev–Trinajstić information content (AvgIpc) is 2.74. The molecule has 0 aliphatic heterocycles. The summed E-state index contributed by atoms with van der Waals surface area (Å²) in [6.45, 7) is 8.76. The minimum absolute atomic E-state index is 0.852. The summed E-state index contributed by atoms with van der Waals surface area (Å²) < 4.78 is 2.14. The topological polar surface area (TPSA) is 29.9 Å². The highest BCUT2D eigenvalue weighted by Gasteiger charge is 1.99. The third-order valence-electron chi connectivity index (χ3n) is 3.05. The summed E-state index contributed by atoms with van der Waals surface area (Å²) in [7, 11) is 0. The Kier molecular flexibility index (Phi) is 6.75. The van der Waals surface area contributed by atoms with Crippen LogP contribution in [0, 0.1) is 5.92 Å². The van der Waals surface area contributed by atoms with E-state index in [9.17, 15) is 0 Å². The predicted molar refractivity (Wildman–Crippen MR) is 74.3 cm³/mol. The Labute approximate surface area is 106 Å². The molecule has 0 bridgehead atoms. The van der Waals surface area contributed by atoms with E-state index in [2.05, 4.69) is 35.6 Å². The second kappa shape index (κ2) is 8.15. The maximum Gasteiger partial charge on any atom is 0.202 e. The predicted octanol–water partition coefficient (Wildman–Crippen LogP) is 3.92. The Hall–Kier alpha value is -0.990. The quantitative estimate of drug-likeness (QED) is 0.660. The van der Waals surface area contributed by atoms with Crippen LogP contribution in [0.2, 0.25) is 0 Å². The number of aromatic nitrogens is 2. The molecule has 0 spiro atoms. The van der Waals surface area contributed by atoms with Gasteiger partial charge in [0.1, 0.15) is 0 Å². The van der Waals surface area contributed by atoms with E-state index in [0.717, 1.165) is 25.0 Å². The van der Waals surface area contributed by atoms with Gasteiger partial charge in [-0.05, 0) is 19.3 Å². The van der Waals surface area contributed by atoms with Crippen molar-refractivity contribution in [2.45, 2.75) is 59.4 Å². The molecule has 0 saturated heterocycles. The summed E-state index contributed by atoms with van der Waals surface area (Å²) in [6.07, 6.45) is 10.6. The van der Waals surface area contributed by atoms with Gasteiger partial charge in [-0.2, -0.15) is 0 Å². The van der Waals surface area contributed by atoms with E-state index in [1.165, 1.54) is 32.1 Å². The molecule has 1 rings (SSSR count). The molecule has 3 nitrogen and oxygen atoms in total. The second-order valence-corrected chi connectivity index (χ2v) is 5.06. The molecule has 0 unspecified atom stereocenters. The van der Waals surface area contributed by atoms with Crippen molar-refractivity contribution in [2.75, 3.05) is 11.9 Å². The van der Waals surface area contributed by atoms with Crippen molar-refractivity contribution < 1.29 is 0 Å². The van der Waals surface area contributed by atoms with Crippen molar-refractivity contribution in [3.8, 4) is 0 Å². The van der Waals surface area contributed by atoms with Gasteiger partial charge in [-0.3, -0.25) is 0 Å². The molecule has 1 aromatic heterocycles. The van der Waals surface area contributed by atoms with Gasteiger partial charge in [0.05, 0.1) is 0 Å².